The standard InChI is InChI=1S/C16H22ClN3/c1-5-16(13-6-8-14(17)9-7-13)19-11(2)15-10-18-20(4)12(15)3/h6-11,16,19H,5H2,1-4H3. The van der Waals surface area contributed by atoms with Gasteiger partial charge >= 0.3 is 0 Å². The Balaban J connectivity index is 2.14. The number of aromatic nitrogens is 2. The quantitative estimate of drug-likeness (QED) is 0.895. The van der Waals surface area contributed by atoms with Crippen LogP contribution in [0.1, 0.15) is 49.2 Å². The monoisotopic (exact) mass is 291 g/mol. The molecule has 0 fully saturated rings. The highest BCUT2D eigenvalue weighted by Crippen LogP contribution is 2.24. The van der Waals surface area contributed by atoms with E-state index < -0.39 is 0 Å². The number of nitrogens with one attached hydrogen (secondary N) is 1. The molecule has 2 aromatic rings. The lowest BCUT2D eigenvalue weighted by Crippen LogP contribution is -2.24. The van der Waals surface area contributed by atoms with E-state index >= 15 is 0 Å². The predicted molar refractivity (Wildman–Crippen MR) is 84.0 cm³/mol. The maximum atomic E-state index is 5.95. The van der Waals surface area contributed by atoms with Crippen LogP contribution in [0.25, 0.3) is 0 Å². The van der Waals surface area contributed by atoms with E-state index in [2.05, 4.69) is 43.3 Å². The van der Waals surface area contributed by atoms with Gasteiger partial charge < -0.3 is 5.32 Å². The third-order valence-electron chi connectivity index (χ3n) is 3.87. The summed E-state index contributed by atoms with van der Waals surface area (Å²) in [4.78, 5) is 0. The molecule has 2 unspecified atom stereocenters. The van der Waals surface area contributed by atoms with Gasteiger partial charge in [-0.2, -0.15) is 5.10 Å². The molecule has 1 heterocycles. The minimum atomic E-state index is 0.268. The zero-order chi connectivity index (χ0) is 14.7. The van der Waals surface area contributed by atoms with Crippen molar-refractivity contribution in [3.8, 4) is 0 Å². The van der Waals surface area contributed by atoms with Gasteiger partial charge in [0.15, 0.2) is 0 Å². The van der Waals surface area contributed by atoms with Crippen LogP contribution in [0.15, 0.2) is 30.5 Å². The number of hydrogen-bond acceptors (Lipinski definition) is 2. The third kappa shape index (κ3) is 3.22. The second-order valence-electron chi connectivity index (χ2n) is 5.21. The van der Waals surface area contributed by atoms with Crippen LogP contribution in [0.4, 0.5) is 0 Å². The molecule has 2 rings (SSSR count). The van der Waals surface area contributed by atoms with Gasteiger partial charge in [-0.05, 0) is 38.0 Å². The summed E-state index contributed by atoms with van der Waals surface area (Å²) in [6.45, 7) is 6.47. The molecular formula is C16H22ClN3. The highest BCUT2D eigenvalue weighted by atomic mass is 35.5. The fraction of sp³-hybridized carbons (Fsp3) is 0.438. The Labute approximate surface area is 126 Å². The maximum absolute atomic E-state index is 5.95. The average molecular weight is 292 g/mol. The second-order valence-corrected chi connectivity index (χ2v) is 5.65. The molecule has 0 amide bonds. The van der Waals surface area contributed by atoms with E-state index in [1.165, 1.54) is 16.8 Å². The molecule has 0 radical (unpaired) electrons. The van der Waals surface area contributed by atoms with E-state index in [1.54, 1.807) is 0 Å². The number of aryl methyl sites for hydroxylation is 1. The molecule has 4 heteroatoms. The van der Waals surface area contributed by atoms with Gasteiger partial charge in [0.05, 0.1) is 6.20 Å². The fourth-order valence-electron chi connectivity index (χ4n) is 2.48. The highest BCUT2D eigenvalue weighted by molar-refractivity contribution is 6.30. The lowest BCUT2D eigenvalue weighted by Gasteiger charge is -2.23. The molecule has 0 saturated carbocycles. The van der Waals surface area contributed by atoms with Crippen molar-refractivity contribution in [3.63, 3.8) is 0 Å². The van der Waals surface area contributed by atoms with Crippen LogP contribution in [0.2, 0.25) is 5.02 Å². The number of benzene rings is 1. The predicted octanol–water partition coefficient (Wildman–Crippen LogP) is 4.18. The van der Waals surface area contributed by atoms with Crippen molar-refractivity contribution in [3.05, 3.63) is 52.3 Å². The molecule has 1 aromatic carbocycles. The molecule has 0 aliphatic rings. The van der Waals surface area contributed by atoms with Crippen molar-refractivity contribution in [2.75, 3.05) is 0 Å². The van der Waals surface area contributed by atoms with Gasteiger partial charge in [0, 0.05) is 35.4 Å². The first-order valence-electron chi connectivity index (χ1n) is 7.03. The van der Waals surface area contributed by atoms with Crippen molar-refractivity contribution >= 4 is 11.6 Å². The van der Waals surface area contributed by atoms with Crippen molar-refractivity contribution in [1.82, 2.24) is 15.1 Å². The maximum Gasteiger partial charge on any atom is 0.0540 e. The zero-order valence-corrected chi connectivity index (χ0v) is 13.3. The largest absolute Gasteiger partial charge is 0.303 e. The molecule has 0 saturated heterocycles. The van der Waals surface area contributed by atoms with Crippen LogP contribution < -0.4 is 5.32 Å². The lowest BCUT2D eigenvalue weighted by molar-refractivity contribution is 0.455. The normalized spacial score (nSPS) is 14.2. The van der Waals surface area contributed by atoms with Crippen LogP contribution in [0.5, 0.6) is 0 Å². The van der Waals surface area contributed by atoms with Gasteiger partial charge in [-0.1, -0.05) is 30.7 Å². The molecule has 3 nitrogen and oxygen atoms in total. The van der Waals surface area contributed by atoms with E-state index in [4.69, 9.17) is 11.6 Å². The Bertz CT molecular complexity index is 560. The van der Waals surface area contributed by atoms with E-state index in [1.807, 2.05) is 30.1 Å². The minimum absolute atomic E-state index is 0.268. The Hall–Kier alpha value is -1.32. The summed E-state index contributed by atoms with van der Waals surface area (Å²) in [6, 6.07) is 8.66. The average Bonchev–Trinajstić information content (AvgIpc) is 2.77. The molecule has 0 spiro atoms. The number of hydrogen-bond donors (Lipinski definition) is 1. The van der Waals surface area contributed by atoms with Gasteiger partial charge in [-0.15, -0.1) is 0 Å². The first-order chi connectivity index (χ1) is 9.52. The lowest BCUT2D eigenvalue weighted by atomic mass is 10.0. The SMILES string of the molecule is CCC(NC(C)c1cnn(C)c1C)c1ccc(Cl)cc1. The van der Waals surface area contributed by atoms with Crippen LogP contribution in [-0.2, 0) is 7.05 Å². The van der Waals surface area contributed by atoms with Gasteiger partial charge in [0.2, 0.25) is 0 Å². The van der Waals surface area contributed by atoms with Crippen molar-refractivity contribution < 1.29 is 0 Å². The summed E-state index contributed by atoms with van der Waals surface area (Å²) in [5.41, 5.74) is 3.72. The van der Waals surface area contributed by atoms with Crippen LogP contribution in [-0.4, -0.2) is 9.78 Å². The molecule has 0 bridgehead atoms. The molecule has 0 aliphatic heterocycles. The smallest absolute Gasteiger partial charge is 0.0540 e. The number of nitrogens with zero attached hydrogens (tertiary/aromatic N) is 2. The van der Waals surface area contributed by atoms with Crippen LogP contribution in [0.3, 0.4) is 0 Å². The molecule has 20 heavy (non-hydrogen) atoms. The first kappa shape index (κ1) is 15.1. The number of rotatable bonds is 5. The summed E-state index contributed by atoms with van der Waals surface area (Å²) in [6.07, 6.45) is 2.98. The summed E-state index contributed by atoms with van der Waals surface area (Å²) >= 11 is 5.95. The topological polar surface area (TPSA) is 29.9 Å². The fourth-order valence-corrected chi connectivity index (χ4v) is 2.60. The van der Waals surface area contributed by atoms with E-state index in [-0.39, 0.29) is 6.04 Å². The molecular weight excluding hydrogens is 270 g/mol. The van der Waals surface area contributed by atoms with Crippen molar-refractivity contribution in [1.29, 1.82) is 0 Å². The van der Waals surface area contributed by atoms with Crippen molar-refractivity contribution in [2.45, 2.75) is 39.3 Å². The van der Waals surface area contributed by atoms with E-state index in [9.17, 15) is 0 Å². The third-order valence-corrected chi connectivity index (χ3v) is 4.12. The second kappa shape index (κ2) is 6.42. The number of halogens is 1. The van der Waals surface area contributed by atoms with E-state index in [0.717, 1.165) is 11.4 Å². The molecule has 0 aliphatic carbocycles. The summed E-state index contributed by atoms with van der Waals surface area (Å²) in [5, 5.41) is 8.77. The van der Waals surface area contributed by atoms with Gasteiger partial charge in [0.25, 0.3) is 0 Å². The molecule has 2 atom stereocenters. The van der Waals surface area contributed by atoms with Gasteiger partial charge in [0.1, 0.15) is 0 Å². The van der Waals surface area contributed by atoms with Crippen molar-refractivity contribution in [2.24, 2.45) is 7.05 Å². The Kier molecular flexibility index (Phi) is 4.84. The molecule has 1 N–H and O–H groups in total. The summed E-state index contributed by atoms with van der Waals surface area (Å²) < 4.78 is 1.91. The minimum Gasteiger partial charge on any atom is -0.303 e. The van der Waals surface area contributed by atoms with Crippen LogP contribution >= 0.6 is 11.6 Å². The Morgan fingerprint density at radius 2 is 1.95 bits per heavy atom. The Morgan fingerprint density at radius 1 is 1.30 bits per heavy atom. The zero-order valence-electron chi connectivity index (χ0n) is 12.5. The molecule has 108 valence electrons. The summed E-state index contributed by atoms with van der Waals surface area (Å²) in [5.74, 6) is 0. The summed E-state index contributed by atoms with van der Waals surface area (Å²) in [7, 11) is 1.97. The van der Waals surface area contributed by atoms with Crippen LogP contribution in [0, 0.1) is 6.92 Å². The van der Waals surface area contributed by atoms with E-state index in [0.29, 0.717) is 6.04 Å². The molecule has 1 aromatic heterocycles. The first-order valence-corrected chi connectivity index (χ1v) is 7.40. The van der Waals surface area contributed by atoms with Gasteiger partial charge in [-0.25, -0.2) is 0 Å². The highest BCUT2D eigenvalue weighted by Gasteiger charge is 2.16. The Morgan fingerprint density at radius 3 is 2.45 bits per heavy atom. The van der Waals surface area contributed by atoms with Gasteiger partial charge in [-0.3, -0.25) is 4.68 Å².